The number of carbonyl (C=O) groups excluding carboxylic acids is 2. The monoisotopic (exact) mass is 209 g/mol. The van der Waals surface area contributed by atoms with E-state index in [2.05, 4.69) is 0 Å². The smallest absolute Gasteiger partial charge is 0.247 e. The van der Waals surface area contributed by atoms with E-state index in [0.717, 1.165) is 11.3 Å². The molecule has 0 bridgehead atoms. The first-order valence-electron chi connectivity index (χ1n) is 5.04. The van der Waals surface area contributed by atoms with Crippen LogP contribution in [0.4, 0.5) is 0 Å². The Kier molecular flexibility index (Phi) is 3.43. The number of amides is 2. The predicted molar refractivity (Wildman–Crippen MR) is 53.3 cm³/mol. The van der Waals surface area contributed by atoms with Gasteiger partial charge < -0.3 is 5.73 Å². The number of nitrogens with two attached hydrogens (primary N) is 1. The Morgan fingerprint density at radius 1 is 1.80 bits per heavy atom. The highest BCUT2D eigenvalue weighted by molar-refractivity contribution is 6.03. The molecule has 0 saturated carbocycles. The Balaban J connectivity index is 2.68. The van der Waals surface area contributed by atoms with Crippen LogP contribution in [0.5, 0.6) is 0 Å². The first-order chi connectivity index (χ1) is 7.02. The highest BCUT2D eigenvalue weighted by atomic mass is 16.2. The minimum absolute atomic E-state index is 0.0187. The maximum atomic E-state index is 11.7. The second-order valence-corrected chi connectivity index (χ2v) is 3.86. The van der Waals surface area contributed by atoms with Crippen molar-refractivity contribution >= 4 is 11.8 Å². The van der Waals surface area contributed by atoms with Crippen LogP contribution in [0.1, 0.15) is 26.7 Å². The van der Waals surface area contributed by atoms with E-state index in [9.17, 15) is 9.59 Å². The summed E-state index contributed by atoms with van der Waals surface area (Å²) in [7, 11) is 0. The fourth-order valence-corrected chi connectivity index (χ4v) is 1.45. The molecule has 0 aromatic rings. The third-order valence-electron chi connectivity index (χ3n) is 2.88. The average Bonchev–Trinajstić information content (AvgIpc) is 2.22. The first-order valence-corrected chi connectivity index (χ1v) is 5.04. The number of β-lactam (4-membered cyclic amide) rings is 1. The third kappa shape index (κ3) is 2.00. The lowest BCUT2D eigenvalue weighted by Gasteiger charge is -2.36. The Hall–Kier alpha value is -1.41. The summed E-state index contributed by atoms with van der Waals surface area (Å²) in [6, 6.07) is 0.607. The highest BCUT2D eigenvalue weighted by Gasteiger charge is 2.43. The van der Waals surface area contributed by atoms with E-state index in [4.69, 9.17) is 11.0 Å². The van der Waals surface area contributed by atoms with E-state index in [1.165, 1.54) is 0 Å². The van der Waals surface area contributed by atoms with Gasteiger partial charge >= 0.3 is 0 Å². The zero-order chi connectivity index (χ0) is 11.6. The molecular weight excluding hydrogens is 194 g/mol. The molecule has 2 amide bonds. The van der Waals surface area contributed by atoms with Gasteiger partial charge in [-0.3, -0.25) is 14.5 Å². The van der Waals surface area contributed by atoms with Crippen molar-refractivity contribution in [2.24, 2.45) is 11.7 Å². The molecule has 5 nitrogen and oxygen atoms in total. The summed E-state index contributed by atoms with van der Waals surface area (Å²) in [5.41, 5.74) is 5.71. The quantitative estimate of drug-likeness (QED) is 0.663. The number of hydrogen-bond acceptors (Lipinski definition) is 4. The van der Waals surface area contributed by atoms with Gasteiger partial charge in [0, 0.05) is 0 Å². The van der Waals surface area contributed by atoms with Gasteiger partial charge in [0.05, 0.1) is 18.5 Å². The van der Waals surface area contributed by atoms with Gasteiger partial charge in [0.25, 0.3) is 0 Å². The van der Waals surface area contributed by atoms with Crippen molar-refractivity contribution in [2.75, 3.05) is 0 Å². The SMILES string of the molecule is CCC(C)[C@H](N)C(=O)N1C(=O)CC1C#N. The maximum absolute atomic E-state index is 11.7. The third-order valence-corrected chi connectivity index (χ3v) is 2.88. The molecule has 2 unspecified atom stereocenters. The van der Waals surface area contributed by atoms with Gasteiger partial charge in [-0.25, -0.2) is 0 Å². The fraction of sp³-hybridized carbons (Fsp3) is 0.700. The van der Waals surface area contributed by atoms with Gasteiger partial charge in [-0.1, -0.05) is 20.3 Å². The number of likely N-dealkylation sites (tertiary alicyclic amines) is 1. The van der Waals surface area contributed by atoms with Crippen LogP contribution < -0.4 is 5.73 Å². The molecule has 5 heteroatoms. The molecule has 1 aliphatic rings. The van der Waals surface area contributed by atoms with Crippen LogP contribution in [0.2, 0.25) is 0 Å². The molecule has 3 atom stereocenters. The van der Waals surface area contributed by atoms with Crippen molar-refractivity contribution in [3.05, 3.63) is 0 Å². The minimum Gasteiger partial charge on any atom is -0.320 e. The minimum atomic E-state index is -0.685. The van der Waals surface area contributed by atoms with Crippen LogP contribution in [0.3, 0.4) is 0 Å². The standard InChI is InChI=1S/C10H15N3O2/c1-3-6(2)9(12)10(15)13-7(5-11)4-8(13)14/h6-7,9H,3-4,12H2,1-2H3/t6?,7?,9-/m0/s1. The molecule has 0 aromatic heterocycles. The maximum Gasteiger partial charge on any atom is 0.247 e. The van der Waals surface area contributed by atoms with Crippen molar-refractivity contribution in [1.29, 1.82) is 5.26 Å². The number of rotatable bonds is 3. The summed E-state index contributed by atoms with van der Waals surface area (Å²) in [6.07, 6.45) is 0.904. The second kappa shape index (κ2) is 4.41. The largest absolute Gasteiger partial charge is 0.320 e. The predicted octanol–water partition coefficient (Wildman–Crippen LogP) is 0.0109. The Bertz CT molecular complexity index is 321. The Labute approximate surface area is 88.8 Å². The van der Waals surface area contributed by atoms with E-state index in [0.29, 0.717) is 0 Å². The molecule has 1 aliphatic heterocycles. The lowest BCUT2D eigenvalue weighted by atomic mass is 9.95. The fourth-order valence-electron chi connectivity index (χ4n) is 1.45. The van der Waals surface area contributed by atoms with Gasteiger partial charge in [-0.05, 0) is 5.92 Å². The van der Waals surface area contributed by atoms with Crippen LogP contribution in [-0.4, -0.2) is 28.8 Å². The molecule has 0 aromatic carbocycles. The molecule has 0 aliphatic carbocycles. The van der Waals surface area contributed by atoms with Crippen LogP contribution in [-0.2, 0) is 9.59 Å². The zero-order valence-electron chi connectivity index (χ0n) is 8.93. The van der Waals surface area contributed by atoms with Crippen molar-refractivity contribution in [3.8, 4) is 6.07 Å². The van der Waals surface area contributed by atoms with Crippen molar-refractivity contribution in [1.82, 2.24) is 4.90 Å². The molecule has 82 valence electrons. The molecule has 0 spiro atoms. The van der Waals surface area contributed by atoms with Crippen molar-refractivity contribution in [3.63, 3.8) is 0 Å². The number of hydrogen-bond donors (Lipinski definition) is 1. The van der Waals surface area contributed by atoms with Gasteiger partial charge in [0.1, 0.15) is 6.04 Å². The van der Waals surface area contributed by atoms with Crippen LogP contribution in [0.25, 0.3) is 0 Å². The molecule has 1 heterocycles. The zero-order valence-corrected chi connectivity index (χ0v) is 8.93. The summed E-state index contributed by atoms with van der Waals surface area (Å²) in [5, 5.41) is 8.66. The lowest BCUT2D eigenvalue weighted by Crippen LogP contribution is -2.60. The van der Waals surface area contributed by atoms with Gasteiger partial charge in [-0.15, -0.1) is 0 Å². The Morgan fingerprint density at radius 3 is 2.80 bits per heavy atom. The van der Waals surface area contributed by atoms with E-state index >= 15 is 0 Å². The summed E-state index contributed by atoms with van der Waals surface area (Å²) < 4.78 is 0. The van der Waals surface area contributed by atoms with Gasteiger partial charge in [0.15, 0.2) is 0 Å². The topological polar surface area (TPSA) is 87.2 Å². The van der Waals surface area contributed by atoms with Crippen molar-refractivity contribution in [2.45, 2.75) is 38.8 Å². The normalized spacial score (nSPS) is 24.0. The number of nitrogens with zero attached hydrogens (tertiary/aromatic N) is 2. The van der Waals surface area contributed by atoms with E-state index in [1.54, 1.807) is 0 Å². The van der Waals surface area contributed by atoms with Gasteiger partial charge in [-0.2, -0.15) is 5.26 Å². The number of nitriles is 1. The lowest BCUT2D eigenvalue weighted by molar-refractivity contribution is -0.156. The molecule has 1 fully saturated rings. The number of carbonyl (C=O) groups is 2. The summed E-state index contributed by atoms with van der Waals surface area (Å²) in [4.78, 5) is 23.9. The van der Waals surface area contributed by atoms with Crippen LogP contribution in [0.15, 0.2) is 0 Å². The van der Waals surface area contributed by atoms with Crippen LogP contribution >= 0.6 is 0 Å². The van der Waals surface area contributed by atoms with Crippen LogP contribution in [0, 0.1) is 17.2 Å². The second-order valence-electron chi connectivity index (χ2n) is 3.86. The highest BCUT2D eigenvalue weighted by Crippen LogP contribution is 2.21. The van der Waals surface area contributed by atoms with Gasteiger partial charge in [0.2, 0.25) is 11.8 Å². The Morgan fingerprint density at radius 2 is 2.40 bits per heavy atom. The van der Waals surface area contributed by atoms with E-state index in [-0.39, 0.29) is 18.2 Å². The van der Waals surface area contributed by atoms with E-state index in [1.807, 2.05) is 19.9 Å². The molecule has 15 heavy (non-hydrogen) atoms. The molecule has 2 N–H and O–H groups in total. The molecule has 1 rings (SSSR count). The summed E-state index contributed by atoms with van der Waals surface area (Å²) in [6.45, 7) is 3.78. The molecule has 1 saturated heterocycles. The van der Waals surface area contributed by atoms with E-state index < -0.39 is 18.0 Å². The van der Waals surface area contributed by atoms with Crippen molar-refractivity contribution < 1.29 is 9.59 Å². The first kappa shape index (κ1) is 11.7. The molecule has 0 radical (unpaired) electrons. The summed E-state index contributed by atoms with van der Waals surface area (Å²) >= 11 is 0. The molecular formula is C10H15N3O2. The summed E-state index contributed by atoms with van der Waals surface area (Å²) in [5.74, 6) is -0.706. The average molecular weight is 209 g/mol. The number of imide groups is 1.